The zero-order chi connectivity index (χ0) is 29.5. The van der Waals surface area contributed by atoms with E-state index in [0.29, 0.717) is 19.0 Å². The molecule has 0 fully saturated rings. The van der Waals surface area contributed by atoms with E-state index in [2.05, 4.69) is 88.4 Å². The number of hydrogen-bond donors (Lipinski definition) is 1. The summed E-state index contributed by atoms with van der Waals surface area (Å²) >= 11 is 3.62. The van der Waals surface area contributed by atoms with Crippen molar-refractivity contribution in [1.29, 1.82) is 0 Å². The number of aromatic nitrogens is 1. The summed E-state index contributed by atoms with van der Waals surface area (Å²) in [7, 11) is 5.82. The Hall–Kier alpha value is -3.55. The van der Waals surface area contributed by atoms with Gasteiger partial charge in [-0.05, 0) is 55.1 Å². The lowest BCUT2D eigenvalue weighted by molar-refractivity contribution is -0.0195. The standard InChI is InChI=1S/C36H38BrN3O2/c1-39(2)21-22-40(25-27-13-7-4-8-14-27)26-36(41,30-17-11-6-12-18-30)34(28-15-9-5-10-16-28)32-24-29-23-31(37)19-20-33(29)38-35(32)42-3/h4-20,23-24,34,41H,21-22,25-26H2,1-3H3. The Kier molecular flexibility index (Phi) is 9.70. The van der Waals surface area contributed by atoms with Crippen LogP contribution in [0.15, 0.2) is 120 Å². The van der Waals surface area contributed by atoms with E-state index < -0.39 is 11.5 Å². The molecule has 6 heteroatoms. The van der Waals surface area contributed by atoms with Crippen molar-refractivity contribution in [3.63, 3.8) is 0 Å². The minimum absolute atomic E-state index is 0.402. The van der Waals surface area contributed by atoms with Crippen LogP contribution in [0.3, 0.4) is 0 Å². The van der Waals surface area contributed by atoms with Crippen LogP contribution >= 0.6 is 15.9 Å². The molecule has 42 heavy (non-hydrogen) atoms. The van der Waals surface area contributed by atoms with Gasteiger partial charge < -0.3 is 14.7 Å². The lowest BCUT2D eigenvalue weighted by Crippen LogP contribution is -2.47. The fraction of sp³-hybridized carbons (Fsp3) is 0.250. The van der Waals surface area contributed by atoms with Crippen molar-refractivity contribution in [3.05, 3.63) is 142 Å². The number of pyridine rings is 1. The van der Waals surface area contributed by atoms with Crippen LogP contribution in [0, 0.1) is 0 Å². The number of likely N-dealkylation sites (N-methyl/N-ethyl adjacent to an activating group) is 1. The second kappa shape index (κ2) is 13.6. The van der Waals surface area contributed by atoms with Gasteiger partial charge in [0.05, 0.1) is 12.6 Å². The van der Waals surface area contributed by atoms with Gasteiger partial charge in [0, 0.05) is 47.5 Å². The molecule has 4 aromatic carbocycles. The molecule has 0 spiro atoms. The molecular weight excluding hydrogens is 586 g/mol. The van der Waals surface area contributed by atoms with Gasteiger partial charge in [-0.2, -0.15) is 0 Å². The summed E-state index contributed by atoms with van der Waals surface area (Å²) < 4.78 is 6.91. The predicted molar refractivity (Wildman–Crippen MR) is 175 cm³/mol. The second-order valence-corrected chi connectivity index (χ2v) is 12.0. The van der Waals surface area contributed by atoms with Crippen LogP contribution in [0.2, 0.25) is 0 Å². The Labute approximate surface area is 257 Å². The normalized spacial score (nSPS) is 13.8. The van der Waals surface area contributed by atoms with Gasteiger partial charge in [-0.1, -0.05) is 107 Å². The zero-order valence-corrected chi connectivity index (χ0v) is 26.0. The van der Waals surface area contributed by atoms with Gasteiger partial charge in [0.15, 0.2) is 0 Å². The number of benzene rings is 4. The van der Waals surface area contributed by atoms with Gasteiger partial charge in [0.25, 0.3) is 0 Å². The molecule has 216 valence electrons. The first kappa shape index (κ1) is 29.9. The molecule has 2 atom stereocenters. The molecule has 1 aromatic heterocycles. The highest BCUT2D eigenvalue weighted by molar-refractivity contribution is 9.10. The number of nitrogens with zero attached hydrogens (tertiary/aromatic N) is 3. The Morgan fingerprint density at radius 2 is 1.48 bits per heavy atom. The Morgan fingerprint density at radius 1 is 0.833 bits per heavy atom. The molecular formula is C36H38BrN3O2. The van der Waals surface area contributed by atoms with Gasteiger partial charge in [-0.15, -0.1) is 0 Å². The minimum atomic E-state index is -1.32. The van der Waals surface area contributed by atoms with E-state index in [1.165, 1.54) is 5.56 Å². The van der Waals surface area contributed by atoms with Crippen LogP contribution in [0.1, 0.15) is 28.2 Å². The maximum atomic E-state index is 13.3. The van der Waals surface area contributed by atoms with Crippen molar-refractivity contribution < 1.29 is 9.84 Å². The van der Waals surface area contributed by atoms with E-state index in [4.69, 9.17) is 9.72 Å². The quantitative estimate of drug-likeness (QED) is 0.161. The molecule has 0 amide bonds. The molecule has 0 aliphatic rings. The van der Waals surface area contributed by atoms with E-state index in [0.717, 1.165) is 45.2 Å². The molecule has 0 saturated carbocycles. The third-order valence-corrected chi connectivity index (χ3v) is 8.23. The summed E-state index contributed by atoms with van der Waals surface area (Å²) in [5.74, 6) is 0.0421. The van der Waals surface area contributed by atoms with Crippen molar-refractivity contribution in [2.75, 3.05) is 40.8 Å². The Morgan fingerprint density at radius 3 is 2.12 bits per heavy atom. The summed E-state index contributed by atoms with van der Waals surface area (Å²) in [4.78, 5) is 9.46. The van der Waals surface area contributed by atoms with Gasteiger partial charge in [0.1, 0.15) is 5.60 Å². The molecule has 1 N–H and O–H groups in total. The van der Waals surface area contributed by atoms with E-state index in [1.807, 2.05) is 66.7 Å². The van der Waals surface area contributed by atoms with Crippen molar-refractivity contribution >= 4 is 26.8 Å². The smallest absolute Gasteiger partial charge is 0.217 e. The van der Waals surface area contributed by atoms with Crippen molar-refractivity contribution in [3.8, 4) is 5.88 Å². The van der Waals surface area contributed by atoms with Crippen molar-refractivity contribution in [2.24, 2.45) is 0 Å². The Bertz CT molecular complexity index is 1580. The number of hydrogen-bond acceptors (Lipinski definition) is 5. The molecule has 0 radical (unpaired) electrons. The number of halogens is 1. The first-order chi connectivity index (χ1) is 20.4. The molecule has 5 nitrogen and oxygen atoms in total. The van der Waals surface area contributed by atoms with Crippen LogP contribution in [0.25, 0.3) is 10.9 Å². The summed E-state index contributed by atoms with van der Waals surface area (Å²) in [6, 6.07) is 38.9. The summed E-state index contributed by atoms with van der Waals surface area (Å²) in [6.07, 6.45) is 0. The average molecular weight is 625 g/mol. The van der Waals surface area contributed by atoms with Gasteiger partial charge in [-0.25, -0.2) is 4.98 Å². The monoisotopic (exact) mass is 623 g/mol. The third-order valence-electron chi connectivity index (χ3n) is 7.74. The maximum Gasteiger partial charge on any atom is 0.217 e. The number of rotatable bonds is 12. The highest BCUT2D eigenvalue weighted by Crippen LogP contribution is 2.46. The molecule has 0 aliphatic carbocycles. The molecule has 2 unspecified atom stereocenters. The molecule has 0 saturated heterocycles. The molecule has 0 aliphatic heterocycles. The first-order valence-corrected chi connectivity index (χ1v) is 15.0. The lowest BCUT2D eigenvalue weighted by Gasteiger charge is -2.41. The average Bonchev–Trinajstić information content (AvgIpc) is 3.01. The first-order valence-electron chi connectivity index (χ1n) is 14.3. The molecule has 1 heterocycles. The number of ether oxygens (including phenoxy) is 1. The zero-order valence-electron chi connectivity index (χ0n) is 24.5. The van der Waals surface area contributed by atoms with Crippen LogP contribution in [0.4, 0.5) is 0 Å². The van der Waals surface area contributed by atoms with E-state index in [9.17, 15) is 5.11 Å². The predicted octanol–water partition coefficient (Wildman–Crippen LogP) is 7.09. The second-order valence-electron chi connectivity index (χ2n) is 11.1. The number of aliphatic hydroxyl groups is 1. The fourth-order valence-corrected chi connectivity index (χ4v) is 6.07. The van der Waals surface area contributed by atoms with Gasteiger partial charge in [-0.3, -0.25) is 4.90 Å². The van der Waals surface area contributed by atoms with Crippen LogP contribution in [-0.4, -0.2) is 60.7 Å². The van der Waals surface area contributed by atoms with Crippen LogP contribution < -0.4 is 4.74 Å². The van der Waals surface area contributed by atoms with Crippen LogP contribution in [0.5, 0.6) is 5.88 Å². The lowest BCUT2D eigenvalue weighted by atomic mass is 9.73. The fourth-order valence-electron chi connectivity index (χ4n) is 5.69. The summed E-state index contributed by atoms with van der Waals surface area (Å²) in [5.41, 5.74) is 3.40. The van der Waals surface area contributed by atoms with Crippen molar-refractivity contribution in [1.82, 2.24) is 14.8 Å². The highest BCUT2D eigenvalue weighted by atomic mass is 79.9. The van der Waals surface area contributed by atoms with E-state index in [1.54, 1.807) is 7.11 Å². The number of methoxy groups -OCH3 is 1. The molecule has 5 rings (SSSR count). The summed E-state index contributed by atoms with van der Waals surface area (Å²) in [5, 5.41) is 14.2. The van der Waals surface area contributed by atoms with Gasteiger partial charge >= 0.3 is 0 Å². The molecule has 0 bridgehead atoms. The summed E-state index contributed by atoms with van der Waals surface area (Å²) in [6.45, 7) is 2.77. The number of fused-ring (bicyclic) bond motifs is 1. The topological polar surface area (TPSA) is 48.8 Å². The molecule has 5 aromatic rings. The van der Waals surface area contributed by atoms with E-state index >= 15 is 0 Å². The van der Waals surface area contributed by atoms with E-state index in [-0.39, 0.29) is 0 Å². The Balaban J connectivity index is 1.71. The highest BCUT2D eigenvalue weighted by Gasteiger charge is 2.43. The largest absolute Gasteiger partial charge is 0.481 e. The SMILES string of the molecule is COc1nc2ccc(Br)cc2cc1C(c1ccccc1)C(O)(CN(CCN(C)C)Cc1ccccc1)c1ccccc1. The third kappa shape index (κ3) is 6.90. The van der Waals surface area contributed by atoms with Crippen molar-refractivity contribution in [2.45, 2.75) is 18.1 Å². The van der Waals surface area contributed by atoms with Gasteiger partial charge in [0.2, 0.25) is 5.88 Å². The maximum absolute atomic E-state index is 13.3. The minimum Gasteiger partial charge on any atom is -0.481 e. The van der Waals surface area contributed by atoms with Crippen LogP contribution in [-0.2, 0) is 12.1 Å².